The number of aryl methyl sites for hydroxylation is 1. The highest BCUT2D eigenvalue weighted by Gasteiger charge is 2.35. The van der Waals surface area contributed by atoms with Crippen LogP contribution in [-0.2, 0) is 11.2 Å². The molecule has 1 atom stereocenters. The molecule has 0 N–H and O–H groups in total. The molecule has 1 aromatic heterocycles. The van der Waals surface area contributed by atoms with Crippen molar-refractivity contribution in [2.75, 3.05) is 11.4 Å². The van der Waals surface area contributed by atoms with Crippen LogP contribution in [0.4, 0.5) is 5.69 Å². The van der Waals surface area contributed by atoms with Gasteiger partial charge in [-0.2, -0.15) is 4.98 Å². The van der Waals surface area contributed by atoms with Gasteiger partial charge in [0, 0.05) is 25.1 Å². The number of aromatic nitrogens is 2. The van der Waals surface area contributed by atoms with E-state index < -0.39 is 0 Å². The Hall–Kier alpha value is -2.17. The summed E-state index contributed by atoms with van der Waals surface area (Å²) in [5.41, 5.74) is 2.21. The van der Waals surface area contributed by atoms with Gasteiger partial charge in [-0.3, -0.25) is 4.79 Å². The lowest BCUT2D eigenvalue weighted by Gasteiger charge is -2.17. The molecule has 22 heavy (non-hydrogen) atoms. The van der Waals surface area contributed by atoms with Gasteiger partial charge in [0.15, 0.2) is 5.82 Å². The highest BCUT2D eigenvalue weighted by molar-refractivity contribution is 5.96. The van der Waals surface area contributed by atoms with E-state index in [9.17, 15) is 4.79 Å². The molecule has 3 rings (SSSR count). The first-order valence-corrected chi connectivity index (χ1v) is 7.81. The zero-order valence-electron chi connectivity index (χ0n) is 13.2. The number of carbonyl (C=O) groups is 1. The number of anilines is 1. The van der Waals surface area contributed by atoms with E-state index in [1.807, 2.05) is 24.0 Å². The maximum atomic E-state index is 12.3. The third-order valence-electron chi connectivity index (χ3n) is 4.15. The lowest BCUT2D eigenvalue weighted by molar-refractivity contribution is -0.117. The van der Waals surface area contributed by atoms with E-state index in [-0.39, 0.29) is 11.8 Å². The summed E-state index contributed by atoms with van der Waals surface area (Å²) in [4.78, 5) is 18.5. The van der Waals surface area contributed by atoms with E-state index in [1.165, 1.54) is 5.56 Å². The first-order valence-electron chi connectivity index (χ1n) is 7.81. The van der Waals surface area contributed by atoms with Crippen molar-refractivity contribution >= 4 is 11.6 Å². The van der Waals surface area contributed by atoms with E-state index in [4.69, 9.17) is 4.52 Å². The number of amides is 1. The second-order valence-corrected chi connectivity index (χ2v) is 6.05. The van der Waals surface area contributed by atoms with Gasteiger partial charge in [-0.15, -0.1) is 0 Å². The second-order valence-electron chi connectivity index (χ2n) is 6.05. The minimum absolute atomic E-state index is 0.00919. The van der Waals surface area contributed by atoms with Crippen LogP contribution in [0, 0.1) is 0 Å². The summed E-state index contributed by atoms with van der Waals surface area (Å²) in [5, 5.41) is 3.92. The smallest absolute Gasteiger partial charge is 0.232 e. The molecule has 0 radical (unpaired) electrons. The monoisotopic (exact) mass is 299 g/mol. The molecule has 2 aromatic rings. The lowest BCUT2D eigenvalue weighted by atomic mass is 10.0. The minimum Gasteiger partial charge on any atom is -0.339 e. The van der Waals surface area contributed by atoms with Gasteiger partial charge < -0.3 is 9.42 Å². The number of hydrogen-bond donors (Lipinski definition) is 0. The van der Waals surface area contributed by atoms with Gasteiger partial charge in [0.05, 0.1) is 5.92 Å². The Morgan fingerprint density at radius 2 is 2.05 bits per heavy atom. The standard InChI is InChI=1S/C17H21N3O2/c1-4-15-18-17(22-19-15)13-9-16(21)20(10-13)14-7-5-12(6-8-14)11(2)3/h5-8,11,13H,4,9-10H2,1-3H3. The molecule has 1 fully saturated rings. The van der Waals surface area contributed by atoms with E-state index in [2.05, 4.69) is 36.1 Å². The molecule has 0 aliphatic carbocycles. The van der Waals surface area contributed by atoms with Gasteiger partial charge in [0.25, 0.3) is 0 Å². The van der Waals surface area contributed by atoms with Crippen LogP contribution in [0.15, 0.2) is 28.8 Å². The van der Waals surface area contributed by atoms with Crippen LogP contribution in [0.3, 0.4) is 0 Å². The van der Waals surface area contributed by atoms with Crippen molar-refractivity contribution < 1.29 is 9.32 Å². The molecule has 0 bridgehead atoms. The normalized spacial score (nSPS) is 18.5. The van der Waals surface area contributed by atoms with E-state index in [1.54, 1.807) is 0 Å². The summed E-state index contributed by atoms with van der Waals surface area (Å²) in [5.74, 6) is 1.86. The van der Waals surface area contributed by atoms with Crippen molar-refractivity contribution in [2.45, 2.75) is 45.4 Å². The number of hydrogen-bond acceptors (Lipinski definition) is 4. The molecule has 1 saturated heterocycles. The number of carbonyl (C=O) groups excluding carboxylic acids is 1. The summed E-state index contributed by atoms with van der Waals surface area (Å²) >= 11 is 0. The van der Waals surface area contributed by atoms with E-state index in [0.29, 0.717) is 30.6 Å². The van der Waals surface area contributed by atoms with Gasteiger partial charge in [-0.05, 0) is 23.6 Å². The van der Waals surface area contributed by atoms with Crippen LogP contribution >= 0.6 is 0 Å². The van der Waals surface area contributed by atoms with Crippen molar-refractivity contribution in [3.05, 3.63) is 41.5 Å². The highest BCUT2D eigenvalue weighted by Crippen LogP contribution is 2.31. The van der Waals surface area contributed by atoms with Gasteiger partial charge in [0.2, 0.25) is 11.8 Å². The fraction of sp³-hybridized carbons (Fsp3) is 0.471. The summed E-state index contributed by atoms with van der Waals surface area (Å²) in [6.07, 6.45) is 1.17. The van der Waals surface area contributed by atoms with Crippen LogP contribution in [0.5, 0.6) is 0 Å². The number of rotatable bonds is 4. The average molecular weight is 299 g/mol. The Morgan fingerprint density at radius 1 is 1.32 bits per heavy atom. The first kappa shape index (κ1) is 14.8. The zero-order valence-corrected chi connectivity index (χ0v) is 13.2. The molecule has 0 saturated carbocycles. The molecule has 1 aromatic carbocycles. The predicted molar refractivity (Wildman–Crippen MR) is 83.9 cm³/mol. The maximum Gasteiger partial charge on any atom is 0.232 e. The van der Waals surface area contributed by atoms with Crippen LogP contribution in [0.1, 0.15) is 56.3 Å². The van der Waals surface area contributed by atoms with Crippen molar-refractivity contribution in [3.8, 4) is 0 Å². The van der Waals surface area contributed by atoms with E-state index >= 15 is 0 Å². The van der Waals surface area contributed by atoms with Crippen molar-refractivity contribution in [2.24, 2.45) is 0 Å². The lowest BCUT2D eigenvalue weighted by Crippen LogP contribution is -2.24. The van der Waals surface area contributed by atoms with Crippen molar-refractivity contribution in [1.82, 2.24) is 10.1 Å². The van der Waals surface area contributed by atoms with E-state index in [0.717, 1.165) is 12.1 Å². The Bertz CT molecular complexity index is 661. The first-order chi connectivity index (χ1) is 10.6. The maximum absolute atomic E-state index is 12.3. The van der Waals surface area contributed by atoms with Crippen LogP contribution in [-0.4, -0.2) is 22.6 Å². The fourth-order valence-electron chi connectivity index (χ4n) is 2.74. The Morgan fingerprint density at radius 3 is 2.64 bits per heavy atom. The Kier molecular flexibility index (Phi) is 3.96. The second kappa shape index (κ2) is 5.91. The zero-order chi connectivity index (χ0) is 15.7. The summed E-state index contributed by atoms with van der Waals surface area (Å²) in [7, 11) is 0. The molecule has 5 heteroatoms. The Labute approximate surface area is 130 Å². The molecular formula is C17H21N3O2. The third kappa shape index (κ3) is 2.75. The summed E-state index contributed by atoms with van der Waals surface area (Å²) in [6, 6.07) is 8.20. The van der Waals surface area contributed by atoms with Crippen LogP contribution in [0.2, 0.25) is 0 Å². The molecule has 5 nitrogen and oxygen atoms in total. The summed E-state index contributed by atoms with van der Waals surface area (Å²) in [6.45, 7) is 6.90. The van der Waals surface area contributed by atoms with Gasteiger partial charge in [-0.25, -0.2) is 0 Å². The predicted octanol–water partition coefficient (Wildman–Crippen LogP) is 3.28. The van der Waals surface area contributed by atoms with Crippen molar-refractivity contribution in [1.29, 1.82) is 0 Å². The highest BCUT2D eigenvalue weighted by atomic mass is 16.5. The SMILES string of the molecule is CCc1noc(C2CC(=O)N(c3ccc(C(C)C)cc3)C2)n1. The molecule has 1 aliphatic rings. The number of benzene rings is 1. The van der Waals surface area contributed by atoms with Gasteiger partial charge in [-0.1, -0.05) is 38.1 Å². The topological polar surface area (TPSA) is 59.2 Å². The third-order valence-corrected chi connectivity index (χ3v) is 4.15. The molecular weight excluding hydrogens is 278 g/mol. The number of nitrogens with zero attached hydrogens (tertiary/aromatic N) is 3. The average Bonchev–Trinajstić information content (AvgIpc) is 3.13. The van der Waals surface area contributed by atoms with Crippen LogP contribution in [0.25, 0.3) is 0 Å². The summed E-state index contributed by atoms with van der Waals surface area (Å²) < 4.78 is 5.28. The molecule has 1 amide bonds. The molecule has 1 aliphatic heterocycles. The molecule has 116 valence electrons. The van der Waals surface area contributed by atoms with Crippen LogP contribution < -0.4 is 4.90 Å². The fourth-order valence-corrected chi connectivity index (χ4v) is 2.74. The Balaban J connectivity index is 1.76. The van der Waals surface area contributed by atoms with Gasteiger partial charge >= 0.3 is 0 Å². The quantitative estimate of drug-likeness (QED) is 0.869. The van der Waals surface area contributed by atoms with Gasteiger partial charge in [0.1, 0.15) is 0 Å². The molecule has 1 unspecified atom stereocenters. The molecule has 0 spiro atoms. The van der Waals surface area contributed by atoms with Crippen molar-refractivity contribution in [3.63, 3.8) is 0 Å². The molecule has 2 heterocycles. The largest absolute Gasteiger partial charge is 0.339 e. The minimum atomic E-state index is -0.00919.